The average molecular weight is 288 g/mol. The topological polar surface area (TPSA) is 21.3 Å². The molecule has 1 unspecified atom stereocenters. The summed E-state index contributed by atoms with van der Waals surface area (Å²) in [5.41, 5.74) is 3.58. The second kappa shape index (κ2) is 5.86. The third-order valence-corrected chi connectivity index (χ3v) is 4.15. The summed E-state index contributed by atoms with van der Waals surface area (Å²) in [6, 6.07) is 14.8. The molecule has 0 amide bonds. The summed E-state index contributed by atoms with van der Waals surface area (Å²) in [5, 5.41) is 4.43. The van der Waals surface area contributed by atoms with Crippen LogP contribution in [0.4, 0.5) is 0 Å². The minimum Gasteiger partial charge on any atom is -0.493 e. The Bertz CT molecular complexity index is 612. The minimum atomic E-state index is 0.347. The van der Waals surface area contributed by atoms with E-state index in [9.17, 15) is 0 Å². The van der Waals surface area contributed by atoms with Crippen molar-refractivity contribution in [2.75, 3.05) is 6.61 Å². The van der Waals surface area contributed by atoms with Crippen molar-refractivity contribution in [1.82, 2.24) is 5.32 Å². The molecule has 0 aromatic heterocycles. The van der Waals surface area contributed by atoms with Gasteiger partial charge in [-0.15, -0.1) is 0 Å². The molecule has 20 heavy (non-hydrogen) atoms. The zero-order valence-electron chi connectivity index (χ0n) is 11.5. The maximum atomic E-state index is 6.17. The van der Waals surface area contributed by atoms with E-state index in [-0.39, 0.29) is 0 Å². The molecule has 0 saturated carbocycles. The number of halogens is 1. The Morgan fingerprint density at radius 3 is 2.95 bits per heavy atom. The molecule has 2 aromatic carbocycles. The van der Waals surface area contributed by atoms with Crippen LogP contribution >= 0.6 is 11.6 Å². The van der Waals surface area contributed by atoms with E-state index in [0.29, 0.717) is 6.04 Å². The van der Waals surface area contributed by atoms with Gasteiger partial charge in [-0.05, 0) is 30.2 Å². The fraction of sp³-hybridized carbons (Fsp3) is 0.294. The Kier molecular flexibility index (Phi) is 3.95. The van der Waals surface area contributed by atoms with Gasteiger partial charge in [0.2, 0.25) is 0 Å². The van der Waals surface area contributed by atoms with Crippen LogP contribution in [0.15, 0.2) is 42.5 Å². The van der Waals surface area contributed by atoms with Crippen molar-refractivity contribution in [2.45, 2.75) is 25.9 Å². The molecule has 3 heteroatoms. The fourth-order valence-electron chi connectivity index (χ4n) is 2.54. The molecular formula is C17H18ClNO. The Morgan fingerprint density at radius 1 is 1.25 bits per heavy atom. The SMILES string of the molecule is Cc1ccc(CNC2CCOc3ccccc32)cc1Cl. The van der Waals surface area contributed by atoms with Gasteiger partial charge < -0.3 is 10.1 Å². The third-order valence-electron chi connectivity index (χ3n) is 3.75. The molecule has 0 spiro atoms. The minimum absolute atomic E-state index is 0.347. The molecular weight excluding hydrogens is 270 g/mol. The van der Waals surface area contributed by atoms with Gasteiger partial charge in [-0.1, -0.05) is 41.9 Å². The van der Waals surface area contributed by atoms with Crippen LogP contribution in [0, 0.1) is 6.92 Å². The molecule has 1 atom stereocenters. The van der Waals surface area contributed by atoms with Gasteiger partial charge in [0.25, 0.3) is 0 Å². The molecule has 0 saturated heterocycles. The Morgan fingerprint density at radius 2 is 2.10 bits per heavy atom. The van der Waals surface area contributed by atoms with Crippen molar-refractivity contribution in [2.24, 2.45) is 0 Å². The monoisotopic (exact) mass is 287 g/mol. The van der Waals surface area contributed by atoms with Crippen LogP contribution in [0.2, 0.25) is 5.02 Å². The van der Waals surface area contributed by atoms with Crippen LogP contribution in [0.25, 0.3) is 0 Å². The number of hydrogen-bond acceptors (Lipinski definition) is 2. The summed E-state index contributed by atoms with van der Waals surface area (Å²) >= 11 is 6.17. The number of fused-ring (bicyclic) bond motifs is 1. The van der Waals surface area contributed by atoms with E-state index in [1.807, 2.05) is 25.1 Å². The molecule has 1 aliphatic rings. The number of para-hydroxylation sites is 1. The number of rotatable bonds is 3. The first-order valence-corrected chi connectivity index (χ1v) is 7.32. The summed E-state index contributed by atoms with van der Waals surface area (Å²) in [6.45, 7) is 3.61. The van der Waals surface area contributed by atoms with Crippen molar-refractivity contribution in [3.63, 3.8) is 0 Å². The quantitative estimate of drug-likeness (QED) is 0.911. The van der Waals surface area contributed by atoms with E-state index in [4.69, 9.17) is 16.3 Å². The lowest BCUT2D eigenvalue weighted by Gasteiger charge is -2.26. The van der Waals surface area contributed by atoms with Gasteiger partial charge in [0.1, 0.15) is 5.75 Å². The molecule has 1 aliphatic heterocycles. The first kappa shape index (κ1) is 13.5. The van der Waals surface area contributed by atoms with Gasteiger partial charge in [0.15, 0.2) is 0 Å². The van der Waals surface area contributed by atoms with Gasteiger partial charge in [0.05, 0.1) is 6.61 Å². The standard InChI is InChI=1S/C17H18ClNO/c1-12-6-7-13(10-15(12)18)11-19-16-8-9-20-17-5-3-2-4-14(16)17/h2-7,10,16,19H,8-9,11H2,1H3. The van der Waals surface area contributed by atoms with Gasteiger partial charge in [0, 0.05) is 29.6 Å². The van der Waals surface area contributed by atoms with Crippen LogP contribution in [0.1, 0.15) is 29.2 Å². The zero-order chi connectivity index (χ0) is 13.9. The molecule has 0 bridgehead atoms. The van der Waals surface area contributed by atoms with Crippen LogP contribution in [0.3, 0.4) is 0 Å². The maximum absolute atomic E-state index is 6.17. The van der Waals surface area contributed by atoms with Gasteiger partial charge in [-0.2, -0.15) is 0 Å². The second-order valence-electron chi connectivity index (χ2n) is 5.19. The van der Waals surface area contributed by atoms with Crippen molar-refractivity contribution < 1.29 is 4.74 Å². The van der Waals surface area contributed by atoms with Crippen LogP contribution in [-0.4, -0.2) is 6.61 Å². The Hall–Kier alpha value is -1.51. The largest absolute Gasteiger partial charge is 0.493 e. The first-order valence-electron chi connectivity index (χ1n) is 6.94. The highest BCUT2D eigenvalue weighted by Gasteiger charge is 2.20. The summed E-state index contributed by atoms with van der Waals surface area (Å²) < 4.78 is 5.68. The molecule has 1 heterocycles. The number of ether oxygens (including phenoxy) is 1. The predicted octanol–water partition coefficient (Wildman–Crippen LogP) is 4.26. The molecule has 104 valence electrons. The van der Waals surface area contributed by atoms with Crippen LogP contribution in [-0.2, 0) is 6.54 Å². The number of aryl methyl sites for hydroxylation is 1. The summed E-state index contributed by atoms with van der Waals surface area (Å²) in [5.74, 6) is 0.998. The average Bonchev–Trinajstić information content (AvgIpc) is 2.48. The highest BCUT2D eigenvalue weighted by Crippen LogP contribution is 2.31. The highest BCUT2D eigenvalue weighted by atomic mass is 35.5. The van der Waals surface area contributed by atoms with E-state index < -0.39 is 0 Å². The lowest BCUT2D eigenvalue weighted by atomic mass is 10.0. The summed E-state index contributed by atoms with van der Waals surface area (Å²) in [4.78, 5) is 0. The highest BCUT2D eigenvalue weighted by molar-refractivity contribution is 6.31. The molecule has 2 nitrogen and oxygen atoms in total. The Balaban J connectivity index is 1.71. The first-order chi connectivity index (χ1) is 9.74. The fourth-order valence-corrected chi connectivity index (χ4v) is 2.74. The smallest absolute Gasteiger partial charge is 0.124 e. The van der Waals surface area contributed by atoms with Gasteiger partial charge in [-0.3, -0.25) is 0 Å². The summed E-state index contributed by atoms with van der Waals surface area (Å²) in [7, 11) is 0. The van der Waals surface area contributed by atoms with Crippen molar-refractivity contribution in [1.29, 1.82) is 0 Å². The van der Waals surface area contributed by atoms with Crippen molar-refractivity contribution in [3.8, 4) is 5.75 Å². The number of benzene rings is 2. The third kappa shape index (κ3) is 2.82. The normalized spacial score (nSPS) is 17.4. The number of hydrogen-bond donors (Lipinski definition) is 1. The van der Waals surface area contributed by atoms with Gasteiger partial charge in [-0.25, -0.2) is 0 Å². The lowest BCUT2D eigenvalue weighted by Crippen LogP contribution is -2.26. The van der Waals surface area contributed by atoms with E-state index in [0.717, 1.165) is 35.9 Å². The molecule has 0 radical (unpaired) electrons. The molecule has 2 aromatic rings. The van der Waals surface area contributed by atoms with Crippen molar-refractivity contribution in [3.05, 3.63) is 64.2 Å². The Labute approximate surface area is 124 Å². The van der Waals surface area contributed by atoms with Gasteiger partial charge >= 0.3 is 0 Å². The van der Waals surface area contributed by atoms with E-state index in [2.05, 4.69) is 29.6 Å². The predicted molar refractivity (Wildman–Crippen MR) is 82.3 cm³/mol. The van der Waals surface area contributed by atoms with Crippen LogP contribution < -0.4 is 10.1 Å². The van der Waals surface area contributed by atoms with Crippen molar-refractivity contribution >= 4 is 11.6 Å². The van der Waals surface area contributed by atoms with E-state index in [1.165, 1.54) is 11.1 Å². The van der Waals surface area contributed by atoms with Crippen LogP contribution in [0.5, 0.6) is 5.75 Å². The summed E-state index contributed by atoms with van der Waals surface area (Å²) in [6.07, 6.45) is 0.997. The zero-order valence-corrected chi connectivity index (χ0v) is 12.3. The maximum Gasteiger partial charge on any atom is 0.124 e. The lowest BCUT2D eigenvalue weighted by molar-refractivity contribution is 0.252. The molecule has 0 aliphatic carbocycles. The van der Waals surface area contributed by atoms with E-state index in [1.54, 1.807) is 0 Å². The second-order valence-corrected chi connectivity index (χ2v) is 5.60. The molecule has 0 fully saturated rings. The van der Waals surface area contributed by atoms with E-state index >= 15 is 0 Å². The molecule has 3 rings (SSSR count). The molecule has 1 N–H and O–H groups in total. The number of nitrogens with one attached hydrogen (secondary N) is 1.